The van der Waals surface area contributed by atoms with E-state index in [9.17, 15) is 4.79 Å². The largest absolute Gasteiger partial charge is 0.370 e. The summed E-state index contributed by atoms with van der Waals surface area (Å²) in [7, 11) is 0. The Morgan fingerprint density at radius 1 is 1.33 bits per heavy atom. The average Bonchev–Trinajstić information content (AvgIpc) is 2.53. The second-order valence-electron chi connectivity index (χ2n) is 5.20. The third-order valence-electron chi connectivity index (χ3n) is 3.79. The number of urea groups is 1. The van der Waals surface area contributed by atoms with Gasteiger partial charge in [-0.1, -0.05) is 18.2 Å². The zero-order chi connectivity index (χ0) is 15.1. The Kier molecular flexibility index (Phi) is 6.23. The first-order valence-corrected chi connectivity index (χ1v) is 8.79. The van der Waals surface area contributed by atoms with Gasteiger partial charge < -0.3 is 15.1 Å². The maximum atomic E-state index is 12.1. The van der Waals surface area contributed by atoms with Gasteiger partial charge in [-0.3, -0.25) is 0 Å². The van der Waals surface area contributed by atoms with E-state index in [1.807, 2.05) is 16.7 Å². The van der Waals surface area contributed by atoms with E-state index in [0.717, 1.165) is 37.7 Å². The lowest BCUT2D eigenvalue weighted by molar-refractivity contribution is 0.203. The van der Waals surface area contributed by atoms with Crippen LogP contribution in [-0.4, -0.2) is 55.2 Å². The van der Waals surface area contributed by atoms with Crippen molar-refractivity contribution in [3.05, 3.63) is 29.8 Å². The van der Waals surface area contributed by atoms with Crippen LogP contribution in [-0.2, 0) is 0 Å². The van der Waals surface area contributed by atoms with Gasteiger partial charge in [0.2, 0.25) is 0 Å². The lowest BCUT2D eigenvalue weighted by Crippen LogP contribution is -2.46. The van der Waals surface area contributed by atoms with Gasteiger partial charge in [0, 0.05) is 49.9 Å². The molecule has 1 aromatic rings. The van der Waals surface area contributed by atoms with Crippen LogP contribution in [0.4, 0.5) is 10.5 Å². The number of amides is 2. The van der Waals surface area contributed by atoms with Crippen molar-refractivity contribution in [3.63, 3.8) is 0 Å². The molecule has 5 heteroatoms. The number of hydrogen-bond acceptors (Lipinski definition) is 3. The first kappa shape index (κ1) is 16.0. The van der Waals surface area contributed by atoms with Crippen molar-refractivity contribution in [1.82, 2.24) is 10.2 Å². The van der Waals surface area contributed by atoms with Crippen LogP contribution < -0.4 is 10.2 Å². The average molecular weight is 307 g/mol. The molecule has 1 fully saturated rings. The van der Waals surface area contributed by atoms with Gasteiger partial charge in [0.15, 0.2) is 0 Å². The highest BCUT2D eigenvalue weighted by Gasteiger charge is 2.16. The van der Waals surface area contributed by atoms with Crippen molar-refractivity contribution in [3.8, 4) is 0 Å². The Balaban J connectivity index is 1.81. The second-order valence-corrected chi connectivity index (χ2v) is 6.42. The number of aryl methyl sites for hydroxylation is 1. The summed E-state index contributed by atoms with van der Waals surface area (Å²) in [6.45, 7) is 8.48. The normalized spacial score (nSPS) is 14.9. The molecule has 2 amide bonds. The molecule has 116 valence electrons. The number of anilines is 1. The van der Waals surface area contributed by atoms with Gasteiger partial charge in [-0.05, 0) is 25.5 Å². The first-order chi connectivity index (χ1) is 10.2. The standard InChI is InChI=1S/C16H25N3OS/c1-3-18(15-7-5-4-6-14(15)2)9-8-17-16(20)19-10-12-21-13-11-19/h4-7H,3,8-13H2,1-2H3,(H,17,20). The van der Waals surface area contributed by atoms with E-state index in [4.69, 9.17) is 0 Å². The maximum Gasteiger partial charge on any atom is 0.317 e. The van der Waals surface area contributed by atoms with E-state index in [2.05, 4.69) is 48.3 Å². The zero-order valence-electron chi connectivity index (χ0n) is 13.0. The van der Waals surface area contributed by atoms with E-state index in [1.54, 1.807) is 0 Å². The molecule has 2 rings (SSSR count). The van der Waals surface area contributed by atoms with E-state index in [-0.39, 0.29) is 6.03 Å². The van der Waals surface area contributed by atoms with Gasteiger partial charge >= 0.3 is 6.03 Å². The van der Waals surface area contributed by atoms with E-state index in [0.29, 0.717) is 6.54 Å². The topological polar surface area (TPSA) is 35.6 Å². The van der Waals surface area contributed by atoms with Crippen LogP contribution in [0, 0.1) is 6.92 Å². The summed E-state index contributed by atoms with van der Waals surface area (Å²) in [6.07, 6.45) is 0. The van der Waals surface area contributed by atoms with Crippen LogP contribution in [0.2, 0.25) is 0 Å². The highest BCUT2D eigenvalue weighted by atomic mass is 32.2. The fourth-order valence-electron chi connectivity index (χ4n) is 2.54. The van der Waals surface area contributed by atoms with Crippen molar-refractivity contribution >= 4 is 23.5 Å². The highest BCUT2D eigenvalue weighted by molar-refractivity contribution is 7.99. The molecule has 4 nitrogen and oxygen atoms in total. The Morgan fingerprint density at radius 3 is 2.71 bits per heavy atom. The number of likely N-dealkylation sites (N-methyl/N-ethyl adjacent to an activating group) is 1. The number of thioether (sulfide) groups is 1. The minimum absolute atomic E-state index is 0.0798. The molecular weight excluding hydrogens is 282 g/mol. The molecule has 1 N–H and O–H groups in total. The van der Waals surface area contributed by atoms with Crippen LogP contribution >= 0.6 is 11.8 Å². The van der Waals surface area contributed by atoms with Crippen molar-refractivity contribution in [2.75, 3.05) is 49.1 Å². The van der Waals surface area contributed by atoms with Crippen molar-refractivity contribution in [1.29, 1.82) is 0 Å². The number of hydrogen-bond donors (Lipinski definition) is 1. The Bertz CT molecular complexity index is 461. The molecule has 0 radical (unpaired) electrons. The molecule has 0 atom stereocenters. The van der Waals surface area contributed by atoms with Crippen molar-refractivity contribution in [2.45, 2.75) is 13.8 Å². The Hall–Kier alpha value is -1.36. The molecule has 0 bridgehead atoms. The molecule has 0 saturated carbocycles. The number of nitrogens with one attached hydrogen (secondary N) is 1. The Labute approximate surface area is 131 Å². The van der Waals surface area contributed by atoms with Gasteiger partial charge in [-0.2, -0.15) is 11.8 Å². The highest BCUT2D eigenvalue weighted by Crippen LogP contribution is 2.18. The molecule has 1 aliphatic rings. The molecule has 0 aromatic heterocycles. The molecule has 1 saturated heterocycles. The summed E-state index contributed by atoms with van der Waals surface area (Å²) < 4.78 is 0. The molecule has 21 heavy (non-hydrogen) atoms. The fraction of sp³-hybridized carbons (Fsp3) is 0.562. The molecule has 1 heterocycles. The number of para-hydroxylation sites is 1. The first-order valence-electron chi connectivity index (χ1n) is 7.63. The summed E-state index contributed by atoms with van der Waals surface area (Å²) >= 11 is 1.92. The molecule has 1 aromatic carbocycles. The lowest BCUT2D eigenvalue weighted by Gasteiger charge is -2.28. The molecular formula is C16H25N3OS. The van der Waals surface area contributed by atoms with Gasteiger partial charge in [-0.25, -0.2) is 4.79 Å². The SMILES string of the molecule is CCN(CCNC(=O)N1CCSCC1)c1ccccc1C. The third kappa shape index (κ3) is 4.56. The molecule has 0 unspecified atom stereocenters. The predicted octanol–water partition coefficient (Wildman–Crippen LogP) is 2.58. The minimum Gasteiger partial charge on any atom is -0.370 e. The fourth-order valence-corrected chi connectivity index (χ4v) is 3.45. The van der Waals surface area contributed by atoms with Crippen LogP contribution in [0.3, 0.4) is 0 Å². The van der Waals surface area contributed by atoms with Crippen molar-refractivity contribution < 1.29 is 4.79 Å². The molecule has 0 spiro atoms. The quantitative estimate of drug-likeness (QED) is 0.908. The number of rotatable bonds is 5. The van der Waals surface area contributed by atoms with Gasteiger partial charge in [0.05, 0.1) is 0 Å². The second kappa shape index (κ2) is 8.17. The van der Waals surface area contributed by atoms with Crippen LogP contribution in [0.1, 0.15) is 12.5 Å². The smallest absolute Gasteiger partial charge is 0.317 e. The van der Waals surface area contributed by atoms with E-state index >= 15 is 0 Å². The Morgan fingerprint density at radius 2 is 2.05 bits per heavy atom. The summed E-state index contributed by atoms with van der Waals surface area (Å²) in [5.41, 5.74) is 2.53. The molecule has 1 aliphatic heterocycles. The number of benzene rings is 1. The van der Waals surface area contributed by atoms with Crippen LogP contribution in [0.25, 0.3) is 0 Å². The monoisotopic (exact) mass is 307 g/mol. The van der Waals surface area contributed by atoms with Crippen LogP contribution in [0.5, 0.6) is 0 Å². The maximum absolute atomic E-state index is 12.1. The molecule has 0 aliphatic carbocycles. The van der Waals surface area contributed by atoms with E-state index < -0.39 is 0 Å². The summed E-state index contributed by atoms with van der Waals surface area (Å²) in [5.74, 6) is 2.11. The summed E-state index contributed by atoms with van der Waals surface area (Å²) in [4.78, 5) is 16.3. The van der Waals surface area contributed by atoms with Crippen molar-refractivity contribution in [2.24, 2.45) is 0 Å². The summed E-state index contributed by atoms with van der Waals surface area (Å²) in [5, 5.41) is 3.04. The number of carbonyl (C=O) groups is 1. The number of carbonyl (C=O) groups excluding carboxylic acids is 1. The third-order valence-corrected chi connectivity index (χ3v) is 4.74. The zero-order valence-corrected chi connectivity index (χ0v) is 13.8. The van der Waals surface area contributed by atoms with E-state index in [1.165, 1.54) is 11.3 Å². The lowest BCUT2D eigenvalue weighted by atomic mass is 10.2. The van der Waals surface area contributed by atoms with Gasteiger partial charge in [-0.15, -0.1) is 0 Å². The summed E-state index contributed by atoms with van der Waals surface area (Å²) in [6, 6.07) is 8.47. The predicted molar refractivity (Wildman–Crippen MR) is 91.4 cm³/mol. The van der Waals surface area contributed by atoms with Gasteiger partial charge in [0.1, 0.15) is 0 Å². The van der Waals surface area contributed by atoms with Crippen LogP contribution in [0.15, 0.2) is 24.3 Å². The number of nitrogens with zero attached hydrogens (tertiary/aromatic N) is 2. The minimum atomic E-state index is 0.0798. The van der Waals surface area contributed by atoms with Gasteiger partial charge in [0.25, 0.3) is 0 Å².